The van der Waals surface area contributed by atoms with Gasteiger partial charge in [-0.1, -0.05) is 31.6 Å². The summed E-state index contributed by atoms with van der Waals surface area (Å²) in [6, 6.07) is 6.12. The maximum absolute atomic E-state index is 11.4. The molecule has 0 amide bonds. The minimum atomic E-state index is -0.0895. The highest BCUT2D eigenvalue weighted by Gasteiger charge is 2.28. The van der Waals surface area contributed by atoms with Crippen LogP contribution in [0, 0.1) is 0 Å². The number of unbranched alkanes of at least 4 members (excludes halogenated alkanes) is 1. The van der Waals surface area contributed by atoms with Crippen molar-refractivity contribution >= 4 is 23.1 Å². The van der Waals surface area contributed by atoms with E-state index in [1.54, 1.807) is 14.2 Å². The van der Waals surface area contributed by atoms with E-state index in [9.17, 15) is 4.79 Å². The van der Waals surface area contributed by atoms with Crippen molar-refractivity contribution in [2.75, 3.05) is 19.1 Å². The second-order valence-corrected chi connectivity index (χ2v) is 7.49. The molecule has 0 bridgehead atoms. The Balaban J connectivity index is 2.07. The Morgan fingerprint density at radius 1 is 1.27 bits per heavy atom. The summed E-state index contributed by atoms with van der Waals surface area (Å²) in [5, 5.41) is 0. The molecule has 5 nitrogen and oxygen atoms in total. The smallest absolute Gasteiger partial charge is 0.215 e. The number of allylic oxidation sites excluding steroid dienone is 6. The molecule has 0 saturated carbocycles. The van der Waals surface area contributed by atoms with Gasteiger partial charge in [0.05, 0.1) is 14.2 Å². The third-order valence-electron chi connectivity index (χ3n) is 5.61. The number of anilines is 1. The summed E-state index contributed by atoms with van der Waals surface area (Å²) < 4.78 is 11.3. The van der Waals surface area contributed by atoms with Crippen LogP contribution in [0.25, 0.3) is 5.57 Å². The molecule has 1 unspecified atom stereocenters. The third kappa shape index (κ3) is 4.12. The molecule has 0 aromatic heterocycles. The Kier molecular flexibility index (Phi) is 6.96. The van der Waals surface area contributed by atoms with Gasteiger partial charge in [-0.2, -0.15) is 0 Å². The van der Waals surface area contributed by atoms with Crippen molar-refractivity contribution < 1.29 is 14.3 Å². The van der Waals surface area contributed by atoms with Crippen LogP contribution < -0.4 is 9.64 Å². The van der Waals surface area contributed by atoms with Crippen LogP contribution in [-0.2, 0) is 9.53 Å². The minimum Gasteiger partial charge on any atom is -0.496 e. The predicted octanol–water partition coefficient (Wildman–Crippen LogP) is 5.47. The molecule has 1 aliphatic heterocycles. The third-order valence-corrected chi connectivity index (χ3v) is 5.61. The Morgan fingerprint density at radius 2 is 2.07 bits per heavy atom. The molecule has 3 rings (SSSR count). The lowest BCUT2D eigenvalue weighted by atomic mass is 9.92. The minimum absolute atomic E-state index is 0.0895. The largest absolute Gasteiger partial charge is 0.496 e. The Morgan fingerprint density at radius 3 is 2.73 bits per heavy atom. The van der Waals surface area contributed by atoms with Crippen molar-refractivity contribution in [3.05, 3.63) is 58.8 Å². The van der Waals surface area contributed by atoms with Crippen molar-refractivity contribution in [2.45, 2.75) is 52.6 Å². The highest BCUT2D eigenvalue weighted by atomic mass is 16.5. The van der Waals surface area contributed by atoms with Crippen molar-refractivity contribution in [1.29, 1.82) is 0 Å². The van der Waals surface area contributed by atoms with E-state index < -0.39 is 0 Å². The number of methoxy groups -OCH3 is 2. The Labute approximate surface area is 179 Å². The van der Waals surface area contributed by atoms with Crippen molar-refractivity contribution in [3.63, 3.8) is 0 Å². The number of benzene rings is 1. The number of aliphatic imine (C=N–C) groups is 1. The first-order valence-electron chi connectivity index (χ1n) is 10.5. The Bertz CT molecular complexity index is 978. The molecule has 1 aromatic rings. The van der Waals surface area contributed by atoms with Crippen LogP contribution in [0.5, 0.6) is 5.75 Å². The SMILES string of the molecule is CCCCC1=C(C)C(OC)=NC(C)N1c1ccc(C2=CC=CCC2=C=O)c(OC)c1. The molecule has 1 heterocycles. The molecule has 1 atom stereocenters. The topological polar surface area (TPSA) is 51.1 Å². The molecule has 158 valence electrons. The molecule has 2 aliphatic rings. The Hall–Kier alpha value is -3.04. The molecule has 1 aromatic carbocycles. The molecule has 5 heteroatoms. The van der Waals surface area contributed by atoms with Gasteiger partial charge in [0.15, 0.2) is 0 Å². The predicted molar refractivity (Wildman–Crippen MR) is 123 cm³/mol. The summed E-state index contributed by atoms with van der Waals surface area (Å²) in [4.78, 5) is 18.4. The normalized spacial score (nSPS) is 18.8. The van der Waals surface area contributed by atoms with Gasteiger partial charge in [0.1, 0.15) is 17.9 Å². The second-order valence-electron chi connectivity index (χ2n) is 7.49. The average molecular weight is 407 g/mol. The van der Waals surface area contributed by atoms with E-state index in [0.717, 1.165) is 47.4 Å². The van der Waals surface area contributed by atoms with E-state index in [1.165, 1.54) is 5.70 Å². The number of hydrogen-bond donors (Lipinski definition) is 0. The van der Waals surface area contributed by atoms with Crippen LogP contribution in [-0.4, -0.2) is 32.2 Å². The first kappa shape index (κ1) is 21.7. The second kappa shape index (κ2) is 9.64. The summed E-state index contributed by atoms with van der Waals surface area (Å²) in [6.07, 6.45) is 9.52. The fourth-order valence-corrected chi connectivity index (χ4v) is 4.05. The molecule has 0 radical (unpaired) electrons. The highest BCUT2D eigenvalue weighted by molar-refractivity contribution is 5.96. The van der Waals surface area contributed by atoms with Crippen molar-refractivity contribution in [1.82, 2.24) is 0 Å². The van der Waals surface area contributed by atoms with Crippen LogP contribution in [0.3, 0.4) is 0 Å². The van der Waals surface area contributed by atoms with Crippen LogP contribution in [0.2, 0.25) is 0 Å². The standard InChI is InChI=1S/C25H30N2O3/c1-6-7-12-23-17(2)25(30-5)26-18(3)27(23)20-13-14-22(24(15-20)29-4)21-11-9-8-10-19(21)16-28/h8-9,11,13-15,18H,6-7,10,12H2,1-5H3. The summed E-state index contributed by atoms with van der Waals surface area (Å²) >= 11 is 0. The van der Waals surface area contributed by atoms with E-state index in [0.29, 0.717) is 17.9 Å². The molecule has 0 saturated heterocycles. The zero-order valence-electron chi connectivity index (χ0n) is 18.5. The lowest BCUT2D eigenvalue weighted by molar-refractivity contribution is 0.393. The van der Waals surface area contributed by atoms with E-state index in [-0.39, 0.29) is 6.17 Å². The van der Waals surface area contributed by atoms with Gasteiger partial charge in [-0.25, -0.2) is 9.79 Å². The average Bonchev–Trinajstić information content (AvgIpc) is 2.78. The first-order valence-corrected chi connectivity index (χ1v) is 10.5. The van der Waals surface area contributed by atoms with E-state index >= 15 is 0 Å². The highest BCUT2D eigenvalue weighted by Crippen LogP contribution is 2.39. The van der Waals surface area contributed by atoms with Crippen LogP contribution in [0.4, 0.5) is 5.69 Å². The molecular formula is C25H30N2O3. The molecule has 30 heavy (non-hydrogen) atoms. The van der Waals surface area contributed by atoms with Gasteiger partial charge in [-0.3, -0.25) is 0 Å². The number of carbonyl (C=O) groups excluding carboxylic acids is 1. The van der Waals surface area contributed by atoms with Gasteiger partial charge in [0.25, 0.3) is 0 Å². The van der Waals surface area contributed by atoms with Crippen molar-refractivity contribution in [3.8, 4) is 5.75 Å². The van der Waals surface area contributed by atoms with Crippen LogP contribution >= 0.6 is 0 Å². The number of hydrogen-bond acceptors (Lipinski definition) is 5. The van der Waals surface area contributed by atoms with Crippen molar-refractivity contribution in [2.24, 2.45) is 4.99 Å². The molecule has 0 spiro atoms. The van der Waals surface area contributed by atoms with E-state index in [1.807, 2.05) is 30.4 Å². The molecular weight excluding hydrogens is 376 g/mol. The lowest BCUT2D eigenvalue weighted by Gasteiger charge is -2.36. The fourth-order valence-electron chi connectivity index (χ4n) is 4.05. The zero-order chi connectivity index (χ0) is 21.7. The molecule has 0 fully saturated rings. The van der Waals surface area contributed by atoms with Gasteiger partial charge in [0, 0.05) is 40.6 Å². The van der Waals surface area contributed by atoms with Crippen LogP contribution in [0.1, 0.15) is 52.0 Å². The fraction of sp³-hybridized carbons (Fsp3) is 0.400. The maximum Gasteiger partial charge on any atom is 0.215 e. The lowest BCUT2D eigenvalue weighted by Crippen LogP contribution is -2.37. The number of rotatable bonds is 6. The number of nitrogens with zero attached hydrogens (tertiary/aromatic N) is 2. The van der Waals surface area contributed by atoms with E-state index in [2.05, 4.69) is 37.7 Å². The summed E-state index contributed by atoms with van der Waals surface area (Å²) in [6.45, 7) is 6.33. The first-order chi connectivity index (χ1) is 14.5. The number of ether oxygens (including phenoxy) is 2. The van der Waals surface area contributed by atoms with Gasteiger partial charge in [0.2, 0.25) is 5.90 Å². The molecule has 0 N–H and O–H groups in total. The summed E-state index contributed by atoms with van der Waals surface area (Å²) in [5.74, 6) is 3.51. The monoisotopic (exact) mass is 406 g/mol. The molecule has 1 aliphatic carbocycles. The summed E-state index contributed by atoms with van der Waals surface area (Å²) in [5.41, 5.74) is 5.70. The van der Waals surface area contributed by atoms with Gasteiger partial charge < -0.3 is 14.4 Å². The quantitative estimate of drug-likeness (QED) is 0.588. The van der Waals surface area contributed by atoms with Gasteiger partial charge in [-0.05, 0) is 44.4 Å². The van der Waals surface area contributed by atoms with Crippen LogP contribution in [0.15, 0.2) is 58.3 Å². The van der Waals surface area contributed by atoms with Gasteiger partial charge >= 0.3 is 0 Å². The maximum atomic E-state index is 11.4. The van der Waals surface area contributed by atoms with E-state index in [4.69, 9.17) is 14.5 Å². The van der Waals surface area contributed by atoms with Gasteiger partial charge in [-0.15, -0.1) is 0 Å². The summed E-state index contributed by atoms with van der Waals surface area (Å²) in [7, 11) is 3.33. The zero-order valence-corrected chi connectivity index (χ0v) is 18.5.